The summed E-state index contributed by atoms with van der Waals surface area (Å²) >= 11 is 0. The van der Waals surface area contributed by atoms with Crippen LogP contribution < -0.4 is 4.74 Å². The molecule has 3 aromatic rings. The molecule has 1 amide bonds. The van der Waals surface area contributed by atoms with Gasteiger partial charge in [0.15, 0.2) is 6.61 Å². The minimum atomic E-state index is -0.0732. The molecule has 0 saturated heterocycles. The molecule has 2 aromatic carbocycles. The van der Waals surface area contributed by atoms with Gasteiger partial charge in [0.05, 0.1) is 6.54 Å². The quantitative estimate of drug-likeness (QED) is 0.653. The van der Waals surface area contributed by atoms with Crippen LogP contribution in [0.4, 0.5) is 0 Å². The van der Waals surface area contributed by atoms with Crippen molar-refractivity contribution in [3.05, 3.63) is 66.1 Å². The van der Waals surface area contributed by atoms with Gasteiger partial charge >= 0.3 is 0 Å². The maximum absolute atomic E-state index is 12.3. The fourth-order valence-corrected chi connectivity index (χ4v) is 3.23. The molecule has 1 aliphatic carbocycles. The van der Waals surface area contributed by atoms with Crippen LogP contribution >= 0.6 is 0 Å². The fraction of sp³-hybridized carbons (Fsp3) is 0.318. The number of benzene rings is 2. The molecule has 0 radical (unpaired) electrons. The van der Waals surface area contributed by atoms with Crippen molar-refractivity contribution in [3.8, 4) is 5.75 Å². The molecule has 4 nitrogen and oxygen atoms in total. The van der Waals surface area contributed by atoms with Gasteiger partial charge in [-0.15, -0.1) is 0 Å². The maximum atomic E-state index is 12.3. The summed E-state index contributed by atoms with van der Waals surface area (Å²) in [4.78, 5) is 14.0. The third kappa shape index (κ3) is 3.59. The van der Waals surface area contributed by atoms with E-state index in [-0.39, 0.29) is 12.5 Å². The summed E-state index contributed by atoms with van der Waals surface area (Å²) in [6.07, 6.45) is 1.20. The molecule has 1 aromatic heterocycles. The molecule has 1 saturated carbocycles. The minimum Gasteiger partial charge on any atom is -0.484 e. The summed E-state index contributed by atoms with van der Waals surface area (Å²) in [5.74, 6) is 3.76. The summed E-state index contributed by atoms with van der Waals surface area (Å²) in [6, 6.07) is 17.9. The van der Waals surface area contributed by atoms with E-state index in [0.29, 0.717) is 24.1 Å². The van der Waals surface area contributed by atoms with Crippen molar-refractivity contribution in [1.29, 1.82) is 0 Å². The number of furan rings is 1. The molecule has 1 fully saturated rings. The van der Waals surface area contributed by atoms with E-state index in [2.05, 4.69) is 13.0 Å². The van der Waals surface area contributed by atoms with Crippen molar-refractivity contribution in [2.24, 2.45) is 5.92 Å². The van der Waals surface area contributed by atoms with Crippen LogP contribution in [-0.2, 0) is 11.3 Å². The summed E-state index contributed by atoms with van der Waals surface area (Å²) in [5, 5.41) is 2.25. The molecule has 4 heteroatoms. The average molecular weight is 349 g/mol. The van der Waals surface area contributed by atoms with E-state index in [9.17, 15) is 4.79 Å². The number of amides is 1. The lowest BCUT2D eigenvalue weighted by Crippen LogP contribution is -2.30. The zero-order chi connectivity index (χ0) is 18.1. The minimum absolute atomic E-state index is 0.0159. The summed E-state index contributed by atoms with van der Waals surface area (Å²) in [5.41, 5.74) is 0. The first-order valence-electron chi connectivity index (χ1n) is 9.04. The summed E-state index contributed by atoms with van der Waals surface area (Å²) in [7, 11) is 1.77. The van der Waals surface area contributed by atoms with Crippen molar-refractivity contribution < 1.29 is 13.9 Å². The summed E-state index contributed by atoms with van der Waals surface area (Å²) < 4.78 is 11.6. The van der Waals surface area contributed by atoms with Gasteiger partial charge in [0.1, 0.15) is 17.3 Å². The van der Waals surface area contributed by atoms with E-state index in [1.54, 1.807) is 11.9 Å². The number of nitrogens with zero attached hydrogens (tertiary/aromatic N) is 1. The third-order valence-electron chi connectivity index (χ3n) is 5.06. The average Bonchev–Trinajstić information content (AvgIpc) is 3.20. The monoisotopic (exact) mass is 349 g/mol. The van der Waals surface area contributed by atoms with Crippen molar-refractivity contribution in [2.75, 3.05) is 13.7 Å². The van der Waals surface area contributed by atoms with E-state index in [1.807, 2.05) is 48.5 Å². The van der Waals surface area contributed by atoms with Crippen LogP contribution in [0, 0.1) is 5.92 Å². The van der Waals surface area contributed by atoms with Gasteiger partial charge in [-0.3, -0.25) is 4.79 Å². The first-order valence-corrected chi connectivity index (χ1v) is 9.04. The Balaban J connectivity index is 1.32. The van der Waals surface area contributed by atoms with E-state index in [4.69, 9.17) is 9.15 Å². The molecule has 2 atom stereocenters. The normalized spacial score (nSPS) is 18.7. The highest BCUT2D eigenvalue weighted by molar-refractivity contribution is 5.84. The first-order chi connectivity index (χ1) is 12.6. The van der Waals surface area contributed by atoms with Crippen LogP contribution in [0.3, 0.4) is 0 Å². The number of rotatable bonds is 6. The Morgan fingerprint density at radius 1 is 1.15 bits per heavy atom. The lowest BCUT2D eigenvalue weighted by atomic mass is 10.1. The summed E-state index contributed by atoms with van der Waals surface area (Å²) in [6.45, 7) is 2.70. The number of likely N-dealkylation sites (N-methyl/N-ethyl adjacent to an activating group) is 1. The molecular weight excluding hydrogens is 326 g/mol. The Labute approximate surface area is 153 Å². The van der Waals surface area contributed by atoms with Crippen LogP contribution in [0.2, 0.25) is 0 Å². The van der Waals surface area contributed by atoms with Crippen LogP contribution in [0.5, 0.6) is 5.75 Å². The van der Waals surface area contributed by atoms with Gasteiger partial charge in [-0.2, -0.15) is 0 Å². The van der Waals surface area contributed by atoms with Crippen molar-refractivity contribution in [1.82, 2.24) is 4.90 Å². The topological polar surface area (TPSA) is 42.7 Å². The molecule has 134 valence electrons. The van der Waals surface area contributed by atoms with E-state index < -0.39 is 0 Å². The lowest BCUT2D eigenvalue weighted by molar-refractivity contribution is -0.132. The molecular formula is C22H23NO3. The zero-order valence-electron chi connectivity index (χ0n) is 15.1. The molecule has 4 rings (SSSR count). The Morgan fingerprint density at radius 2 is 1.92 bits per heavy atom. The molecule has 26 heavy (non-hydrogen) atoms. The highest BCUT2D eigenvalue weighted by Crippen LogP contribution is 2.47. The number of carbonyl (C=O) groups excluding carboxylic acids is 1. The predicted molar refractivity (Wildman–Crippen MR) is 101 cm³/mol. The van der Waals surface area contributed by atoms with Crippen LogP contribution in [0.15, 0.2) is 59.0 Å². The second-order valence-electron chi connectivity index (χ2n) is 7.17. The van der Waals surface area contributed by atoms with Gasteiger partial charge in [-0.05, 0) is 47.4 Å². The molecule has 0 bridgehead atoms. The van der Waals surface area contributed by atoms with E-state index in [0.717, 1.165) is 22.3 Å². The SMILES string of the molecule is CC1CC1c1ccc(CN(C)C(=O)COc2ccc3ccccc3c2)o1. The smallest absolute Gasteiger partial charge is 0.260 e. The van der Waals surface area contributed by atoms with Gasteiger partial charge in [-0.25, -0.2) is 0 Å². The third-order valence-corrected chi connectivity index (χ3v) is 5.06. The van der Waals surface area contributed by atoms with Gasteiger partial charge < -0.3 is 14.1 Å². The van der Waals surface area contributed by atoms with Gasteiger partial charge in [0.25, 0.3) is 5.91 Å². The molecule has 0 spiro atoms. The molecule has 1 heterocycles. The Hall–Kier alpha value is -2.75. The largest absolute Gasteiger partial charge is 0.484 e. The van der Waals surface area contributed by atoms with E-state index in [1.165, 1.54) is 6.42 Å². The number of hydrogen-bond acceptors (Lipinski definition) is 3. The number of fused-ring (bicyclic) bond motifs is 1. The van der Waals surface area contributed by atoms with Crippen molar-refractivity contribution >= 4 is 16.7 Å². The van der Waals surface area contributed by atoms with Crippen LogP contribution in [-0.4, -0.2) is 24.5 Å². The van der Waals surface area contributed by atoms with Gasteiger partial charge in [0.2, 0.25) is 0 Å². The zero-order valence-corrected chi connectivity index (χ0v) is 15.1. The van der Waals surface area contributed by atoms with Crippen LogP contribution in [0.1, 0.15) is 30.8 Å². The second kappa shape index (κ2) is 6.87. The number of carbonyl (C=O) groups is 1. The van der Waals surface area contributed by atoms with Crippen molar-refractivity contribution in [2.45, 2.75) is 25.8 Å². The van der Waals surface area contributed by atoms with E-state index >= 15 is 0 Å². The molecule has 2 unspecified atom stereocenters. The highest BCUT2D eigenvalue weighted by atomic mass is 16.5. The standard InChI is InChI=1S/C22H23NO3/c1-15-11-20(15)21-10-9-19(26-21)13-23(2)22(24)14-25-18-8-7-16-5-3-4-6-17(16)12-18/h3-10,12,15,20H,11,13-14H2,1-2H3. The van der Waals surface area contributed by atoms with Gasteiger partial charge in [-0.1, -0.05) is 37.3 Å². The molecule has 1 aliphatic rings. The highest BCUT2D eigenvalue weighted by Gasteiger charge is 2.36. The Kier molecular flexibility index (Phi) is 4.41. The number of hydrogen-bond donors (Lipinski definition) is 0. The fourth-order valence-electron chi connectivity index (χ4n) is 3.23. The second-order valence-corrected chi connectivity index (χ2v) is 7.17. The van der Waals surface area contributed by atoms with Crippen molar-refractivity contribution in [3.63, 3.8) is 0 Å². The Morgan fingerprint density at radius 3 is 2.69 bits per heavy atom. The molecule has 0 aliphatic heterocycles. The Bertz CT molecular complexity index is 930. The number of ether oxygens (including phenoxy) is 1. The predicted octanol–water partition coefficient (Wildman–Crippen LogP) is 4.59. The maximum Gasteiger partial charge on any atom is 0.260 e. The molecule has 0 N–H and O–H groups in total. The van der Waals surface area contributed by atoms with Gasteiger partial charge in [0, 0.05) is 13.0 Å². The lowest BCUT2D eigenvalue weighted by Gasteiger charge is -2.16. The van der Waals surface area contributed by atoms with Crippen LogP contribution in [0.25, 0.3) is 10.8 Å². The first kappa shape index (κ1) is 16.7.